The largest absolute Gasteiger partial charge is 0.494 e. The average molecular weight is 291 g/mol. The maximum atomic E-state index is 14.3. The van der Waals surface area contributed by atoms with E-state index in [1.807, 2.05) is 19.1 Å². The molecule has 1 N–H and O–H groups in total. The second-order valence-corrected chi connectivity index (χ2v) is 5.11. The molecule has 1 aromatic carbocycles. The fourth-order valence-corrected chi connectivity index (χ4v) is 2.41. The summed E-state index contributed by atoms with van der Waals surface area (Å²) in [6.07, 6.45) is 3.21. The highest BCUT2D eigenvalue weighted by Crippen LogP contribution is 2.27. The van der Waals surface area contributed by atoms with Gasteiger partial charge in [0.25, 0.3) is 0 Å². The molecule has 0 aliphatic rings. The van der Waals surface area contributed by atoms with E-state index in [9.17, 15) is 4.39 Å². The molecule has 1 aromatic heterocycles. The highest BCUT2D eigenvalue weighted by molar-refractivity contribution is 5.32. The Balaban J connectivity index is 2.25. The van der Waals surface area contributed by atoms with Gasteiger partial charge in [-0.1, -0.05) is 19.1 Å². The van der Waals surface area contributed by atoms with Gasteiger partial charge in [-0.2, -0.15) is 0 Å². The molecule has 0 saturated heterocycles. The molecular formula is C17H22FNO2. The van der Waals surface area contributed by atoms with Crippen LogP contribution < -0.4 is 10.1 Å². The van der Waals surface area contributed by atoms with Crippen LogP contribution in [0.3, 0.4) is 0 Å². The molecule has 21 heavy (non-hydrogen) atoms. The van der Waals surface area contributed by atoms with Crippen LogP contribution in [0.15, 0.2) is 34.9 Å². The summed E-state index contributed by atoms with van der Waals surface area (Å²) in [6.45, 7) is 4.96. The van der Waals surface area contributed by atoms with Gasteiger partial charge in [-0.3, -0.25) is 0 Å². The zero-order chi connectivity index (χ0) is 15.2. The third kappa shape index (κ3) is 3.64. The van der Waals surface area contributed by atoms with E-state index in [1.54, 1.807) is 18.4 Å². The Morgan fingerprint density at radius 3 is 2.76 bits per heavy atom. The lowest BCUT2D eigenvalue weighted by atomic mass is 10.0. The lowest BCUT2D eigenvalue weighted by Gasteiger charge is -2.18. The molecule has 0 amide bonds. The lowest BCUT2D eigenvalue weighted by Crippen LogP contribution is -2.24. The molecule has 2 rings (SSSR count). The molecule has 1 unspecified atom stereocenters. The number of hydrogen-bond donors (Lipinski definition) is 1. The fraction of sp³-hybridized carbons (Fsp3) is 0.412. The molecule has 0 radical (unpaired) electrons. The Bertz CT molecular complexity index is 580. The number of ether oxygens (including phenoxy) is 1. The minimum atomic E-state index is -0.299. The van der Waals surface area contributed by atoms with Crippen LogP contribution in [0.4, 0.5) is 4.39 Å². The van der Waals surface area contributed by atoms with E-state index in [4.69, 9.17) is 9.15 Å². The van der Waals surface area contributed by atoms with Crippen LogP contribution in [-0.4, -0.2) is 13.7 Å². The molecule has 3 nitrogen and oxygen atoms in total. The van der Waals surface area contributed by atoms with E-state index >= 15 is 0 Å². The van der Waals surface area contributed by atoms with E-state index in [0.29, 0.717) is 12.0 Å². The second kappa shape index (κ2) is 7.27. The summed E-state index contributed by atoms with van der Waals surface area (Å²) in [4.78, 5) is 0. The summed E-state index contributed by atoms with van der Waals surface area (Å²) in [6, 6.07) is 7.12. The van der Waals surface area contributed by atoms with E-state index in [0.717, 1.165) is 24.3 Å². The standard InChI is InChI=1S/C17H22FNO2/c1-4-9-19-14(17-12(2)8-10-21-17)11-13-6-5-7-15(20-3)16(13)18/h5-8,10,14,19H,4,9,11H2,1-3H3. The van der Waals surface area contributed by atoms with Crippen molar-refractivity contribution >= 4 is 0 Å². The summed E-state index contributed by atoms with van der Waals surface area (Å²) in [7, 11) is 1.48. The maximum absolute atomic E-state index is 14.3. The Labute approximate surface area is 125 Å². The minimum absolute atomic E-state index is 0.0402. The number of hydrogen-bond acceptors (Lipinski definition) is 3. The van der Waals surface area contributed by atoms with Crippen molar-refractivity contribution in [3.8, 4) is 5.75 Å². The van der Waals surface area contributed by atoms with Crippen LogP contribution in [-0.2, 0) is 6.42 Å². The molecule has 1 heterocycles. The molecule has 0 spiro atoms. The summed E-state index contributed by atoms with van der Waals surface area (Å²) >= 11 is 0. The predicted molar refractivity (Wildman–Crippen MR) is 81.1 cm³/mol. The Hall–Kier alpha value is -1.81. The van der Waals surface area contributed by atoms with Gasteiger partial charge in [0.1, 0.15) is 5.76 Å². The van der Waals surface area contributed by atoms with Gasteiger partial charge in [0.15, 0.2) is 11.6 Å². The number of nitrogens with one attached hydrogen (secondary N) is 1. The molecule has 114 valence electrons. The first-order valence-corrected chi connectivity index (χ1v) is 7.26. The number of furan rings is 1. The van der Waals surface area contributed by atoms with Crippen LogP contribution in [0.2, 0.25) is 0 Å². The van der Waals surface area contributed by atoms with Crippen LogP contribution in [0.5, 0.6) is 5.75 Å². The molecule has 0 fully saturated rings. The quantitative estimate of drug-likeness (QED) is 0.836. The van der Waals surface area contributed by atoms with Gasteiger partial charge < -0.3 is 14.5 Å². The first kappa shape index (κ1) is 15.6. The number of halogens is 1. The average Bonchev–Trinajstić information content (AvgIpc) is 2.91. The van der Waals surface area contributed by atoms with Gasteiger partial charge >= 0.3 is 0 Å². The third-order valence-corrected chi connectivity index (χ3v) is 3.55. The molecule has 1 atom stereocenters. The van der Waals surface area contributed by atoms with Crippen molar-refractivity contribution in [3.05, 3.63) is 53.2 Å². The predicted octanol–water partition coefficient (Wildman–Crippen LogP) is 4.02. The van der Waals surface area contributed by atoms with Crippen molar-refractivity contribution in [2.75, 3.05) is 13.7 Å². The Morgan fingerprint density at radius 1 is 1.33 bits per heavy atom. The summed E-state index contributed by atoms with van der Waals surface area (Å²) in [5, 5.41) is 3.42. The smallest absolute Gasteiger partial charge is 0.168 e. The highest BCUT2D eigenvalue weighted by atomic mass is 19.1. The van der Waals surface area contributed by atoms with E-state index in [-0.39, 0.29) is 17.6 Å². The molecule has 0 aliphatic carbocycles. The van der Waals surface area contributed by atoms with Crippen LogP contribution in [0.25, 0.3) is 0 Å². The summed E-state index contributed by atoms with van der Waals surface area (Å²) in [5.41, 5.74) is 1.70. The van der Waals surface area contributed by atoms with E-state index in [2.05, 4.69) is 12.2 Å². The minimum Gasteiger partial charge on any atom is -0.494 e. The summed E-state index contributed by atoms with van der Waals surface area (Å²) in [5.74, 6) is 0.844. The number of aryl methyl sites for hydroxylation is 1. The normalized spacial score (nSPS) is 12.4. The lowest BCUT2D eigenvalue weighted by molar-refractivity contribution is 0.377. The first-order chi connectivity index (χ1) is 10.2. The summed E-state index contributed by atoms with van der Waals surface area (Å²) < 4.78 is 24.9. The highest BCUT2D eigenvalue weighted by Gasteiger charge is 2.20. The SMILES string of the molecule is CCCNC(Cc1cccc(OC)c1F)c1occc1C. The Kier molecular flexibility index (Phi) is 5.39. The zero-order valence-electron chi connectivity index (χ0n) is 12.8. The maximum Gasteiger partial charge on any atom is 0.168 e. The zero-order valence-corrected chi connectivity index (χ0v) is 12.8. The van der Waals surface area contributed by atoms with Crippen LogP contribution in [0, 0.1) is 12.7 Å². The topological polar surface area (TPSA) is 34.4 Å². The van der Waals surface area contributed by atoms with E-state index in [1.165, 1.54) is 7.11 Å². The van der Waals surface area contributed by atoms with Gasteiger partial charge in [0.2, 0.25) is 0 Å². The van der Waals surface area contributed by atoms with Crippen LogP contribution >= 0.6 is 0 Å². The second-order valence-electron chi connectivity index (χ2n) is 5.11. The van der Waals surface area contributed by atoms with Gasteiger partial charge in [-0.15, -0.1) is 0 Å². The molecule has 0 saturated carbocycles. The fourth-order valence-electron chi connectivity index (χ4n) is 2.41. The van der Waals surface area contributed by atoms with Crippen molar-refractivity contribution in [1.82, 2.24) is 5.32 Å². The monoisotopic (exact) mass is 291 g/mol. The molecule has 2 aromatic rings. The van der Waals surface area contributed by atoms with Crippen molar-refractivity contribution < 1.29 is 13.5 Å². The van der Waals surface area contributed by atoms with Crippen molar-refractivity contribution in [2.24, 2.45) is 0 Å². The van der Waals surface area contributed by atoms with Gasteiger partial charge in [-0.05, 0) is 49.6 Å². The molecule has 0 aliphatic heterocycles. The van der Waals surface area contributed by atoms with Gasteiger partial charge in [0.05, 0.1) is 19.4 Å². The molecule has 0 bridgehead atoms. The molecule has 4 heteroatoms. The Morgan fingerprint density at radius 2 is 2.14 bits per heavy atom. The first-order valence-electron chi connectivity index (χ1n) is 7.26. The number of benzene rings is 1. The van der Waals surface area contributed by atoms with Crippen molar-refractivity contribution in [2.45, 2.75) is 32.7 Å². The third-order valence-electron chi connectivity index (χ3n) is 3.55. The number of rotatable bonds is 7. The van der Waals surface area contributed by atoms with Gasteiger partial charge in [0, 0.05) is 0 Å². The van der Waals surface area contributed by atoms with Crippen molar-refractivity contribution in [1.29, 1.82) is 0 Å². The number of methoxy groups -OCH3 is 1. The van der Waals surface area contributed by atoms with Crippen molar-refractivity contribution in [3.63, 3.8) is 0 Å². The van der Waals surface area contributed by atoms with Crippen LogP contribution in [0.1, 0.15) is 36.3 Å². The molecular weight excluding hydrogens is 269 g/mol. The van der Waals surface area contributed by atoms with Gasteiger partial charge in [-0.25, -0.2) is 4.39 Å². The van der Waals surface area contributed by atoms with E-state index < -0.39 is 0 Å².